The highest BCUT2D eigenvalue weighted by Crippen LogP contribution is 2.28. The Morgan fingerprint density at radius 3 is 2.45 bits per heavy atom. The molecule has 0 aromatic heterocycles. The van der Waals surface area contributed by atoms with Crippen LogP contribution in [0.2, 0.25) is 10.0 Å². The molecule has 29 heavy (non-hydrogen) atoms. The molecule has 0 unspecified atom stereocenters. The molecule has 0 aliphatic heterocycles. The number of para-hydroxylation sites is 1. The normalized spacial score (nSPS) is 11.4. The Labute approximate surface area is 181 Å². The van der Waals surface area contributed by atoms with E-state index in [1.807, 2.05) is 24.3 Å². The lowest BCUT2D eigenvalue weighted by Gasteiger charge is -2.22. The zero-order chi connectivity index (χ0) is 21.6. The molecule has 1 amide bonds. The quantitative estimate of drug-likeness (QED) is 0.574. The second-order valence-corrected chi connectivity index (χ2v) is 9.48. The van der Waals surface area contributed by atoms with E-state index in [1.54, 1.807) is 0 Å². The maximum absolute atomic E-state index is 12.3. The van der Waals surface area contributed by atoms with Gasteiger partial charge in [-0.25, -0.2) is 8.42 Å². The summed E-state index contributed by atoms with van der Waals surface area (Å²) >= 11 is 11.8. The van der Waals surface area contributed by atoms with E-state index in [9.17, 15) is 13.2 Å². The van der Waals surface area contributed by atoms with Gasteiger partial charge >= 0.3 is 0 Å². The molecule has 0 bridgehead atoms. The lowest BCUT2D eigenvalue weighted by atomic mass is 10.0. The summed E-state index contributed by atoms with van der Waals surface area (Å²) in [6, 6.07) is 12.1. The zero-order valence-corrected chi connectivity index (χ0v) is 18.8. The molecule has 0 fully saturated rings. The number of sulfonamides is 1. The van der Waals surface area contributed by atoms with E-state index >= 15 is 0 Å². The summed E-state index contributed by atoms with van der Waals surface area (Å²) in [4.78, 5) is 12.3. The summed E-state index contributed by atoms with van der Waals surface area (Å²) in [5.41, 5.74) is 1.35. The molecular weight excluding hydrogens is 435 g/mol. The lowest BCUT2D eigenvalue weighted by molar-refractivity contribution is -0.119. The van der Waals surface area contributed by atoms with Crippen molar-refractivity contribution < 1.29 is 17.9 Å². The van der Waals surface area contributed by atoms with Crippen molar-refractivity contribution in [2.75, 3.05) is 30.3 Å². The van der Waals surface area contributed by atoms with E-state index in [0.717, 1.165) is 21.9 Å². The Hall–Kier alpha value is -1.96. The molecule has 2 aromatic rings. The van der Waals surface area contributed by atoms with Crippen molar-refractivity contribution in [2.24, 2.45) is 0 Å². The van der Waals surface area contributed by atoms with Gasteiger partial charge in [0.15, 0.2) is 0 Å². The molecule has 158 valence electrons. The van der Waals surface area contributed by atoms with E-state index < -0.39 is 15.9 Å². The standard InChI is InChI=1S/C20H24Cl2N2O4S/c1-14(2)16-6-4-5-7-19(16)28-11-10-23-20(25)13-24(29(3,26)27)15-8-9-17(21)18(22)12-15/h4-9,12,14H,10-11,13H2,1-3H3,(H,23,25). The molecule has 0 heterocycles. The smallest absolute Gasteiger partial charge is 0.240 e. The van der Waals surface area contributed by atoms with Gasteiger partial charge in [-0.15, -0.1) is 0 Å². The lowest BCUT2D eigenvalue weighted by Crippen LogP contribution is -2.41. The average molecular weight is 459 g/mol. The molecule has 0 saturated carbocycles. The van der Waals surface area contributed by atoms with E-state index in [-0.39, 0.29) is 30.4 Å². The summed E-state index contributed by atoms with van der Waals surface area (Å²) in [6.45, 7) is 4.28. The third-order valence-electron chi connectivity index (χ3n) is 4.10. The Morgan fingerprint density at radius 2 is 1.83 bits per heavy atom. The van der Waals surface area contributed by atoms with Gasteiger partial charge in [-0.1, -0.05) is 55.2 Å². The van der Waals surface area contributed by atoms with Crippen LogP contribution in [0.5, 0.6) is 5.75 Å². The second kappa shape index (κ2) is 10.2. The van der Waals surface area contributed by atoms with Crippen molar-refractivity contribution in [2.45, 2.75) is 19.8 Å². The number of nitrogens with zero attached hydrogens (tertiary/aromatic N) is 1. The average Bonchev–Trinajstić information content (AvgIpc) is 2.65. The van der Waals surface area contributed by atoms with Gasteiger partial charge in [-0.3, -0.25) is 9.10 Å². The van der Waals surface area contributed by atoms with Crippen molar-refractivity contribution in [1.82, 2.24) is 5.32 Å². The number of hydrogen-bond donors (Lipinski definition) is 1. The number of amides is 1. The summed E-state index contributed by atoms with van der Waals surface area (Å²) in [5, 5.41) is 3.17. The van der Waals surface area contributed by atoms with E-state index in [4.69, 9.17) is 27.9 Å². The van der Waals surface area contributed by atoms with Crippen LogP contribution in [0, 0.1) is 0 Å². The summed E-state index contributed by atoms with van der Waals surface area (Å²) in [5.74, 6) is 0.628. The van der Waals surface area contributed by atoms with Crippen LogP contribution >= 0.6 is 23.2 Å². The van der Waals surface area contributed by atoms with Crippen molar-refractivity contribution in [1.29, 1.82) is 0 Å². The number of halogens is 2. The molecule has 0 atom stereocenters. The summed E-state index contributed by atoms with van der Waals surface area (Å²) in [6.07, 6.45) is 1.02. The molecule has 0 radical (unpaired) electrons. The highest BCUT2D eigenvalue weighted by atomic mass is 35.5. The number of benzene rings is 2. The van der Waals surface area contributed by atoms with Crippen LogP contribution in [0.25, 0.3) is 0 Å². The highest BCUT2D eigenvalue weighted by Gasteiger charge is 2.21. The fourth-order valence-corrected chi connectivity index (χ4v) is 3.81. The van der Waals surface area contributed by atoms with Gasteiger partial charge in [-0.05, 0) is 35.7 Å². The number of anilines is 1. The van der Waals surface area contributed by atoms with E-state index in [0.29, 0.717) is 10.9 Å². The van der Waals surface area contributed by atoms with Crippen LogP contribution in [-0.4, -0.2) is 40.3 Å². The number of ether oxygens (including phenoxy) is 1. The van der Waals surface area contributed by atoms with Crippen molar-refractivity contribution in [3.63, 3.8) is 0 Å². The number of carbonyl (C=O) groups excluding carboxylic acids is 1. The van der Waals surface area contributed by atoms with Crippen LogP contribution in [0.15, 0.2) is 42.5 Å². The van der Waals surface area contributed by atoms with Crippen LogP contribution in [0.3, 0.4) is 0 Å². The third-order valence-corrected chi connectivity index (χ3v) is 5.98. The fourth-order valence-electron chi connectivity index (χ4n) is 2.67. The largest absolute Gasteiger partial charge is 0.491 e. The Balaban J connectivity index is 1.95. The van der Waals surface area contributed by atoms with Gasteiger partial charge in [0.25, 0.3) is 0 Å². The van der Waals surface area contributed by atoms with Crippen LogP contribution < -0.4 is 14.4 Å². The first-order valence-electron chi connectivity index (χ1n) is 9.00. The van der Waals surface area contributed by atoms with Crippen molar-refractivity contribution >= 4 is 44.8 Å². The molecule has 0 aliphatic carbocycles. The SMILES string of the molecule is CC(C)c1ccccc1OCCNC(=O)CN(c1ccc(Cl)c(Cl)c1)S(C)(=O)=O. The maximum atomic E-state index is 12.3. The second-order valence-electron chi connectivity index (χ2n) is 6.76. The molecular formula is C20H24Cl2N2O4S. The molecule has 0 saturated heterocycles. The van der Waals surface area contributed by atoms with E-state index in [2.05, 4.69) is 19.2 Å². The predicted molar refractivity (Wildman–Crippen MR) is 118 cm³/mol. The topological polar surface area (TPSA) is 75.7 Å². The number of carbonyl (C=O) groups is 1. The highest BCUT2D eigenvalue weighted by molar-refractivity contribution is 7.92. The Morgan fingerprint density at radius 1 is 1.14 bits per heavy atom. The molecule has 2 rings (SSSR count). The Bertz CT molecular complexity index is 965. The first-order chi connectivity index (χ1) is 13.6. The Kier molecular flexibility index (Phi) is 8.19. The van der Waals surface area contributed by atoms with Gasteiger partial charge < -0.3 is 10.1 Å². The molecule has 2 aromatic carbocycles. The first kappa shape index (κ1) is 23.3. The maximum Gasteiger partial charge on any atom is 0.240 e. The molecule has 9 heteroatoms. The number of nitrogens with one attached hydrogen (secondary N) is 1. The van der Waals surface area contributed by atoms with Gasteiger partial charge in [0.2, 0.25) is 15.9 Å². The van der Waals surface area contributed by atoms with Gasteiger partial charge in [-0.2, -0.15) is 0 Å². The number of hydrogen-bond acceptors (Lipinski definition) is 4. The number of rotatable bonds is 9. The van der Waals surface area contributed by atoms with Gasteiger partial charge in [0.1, 0.15) is 18.9 Å². The molecule has 1 N–H and O–H groups in total. The first-order valence-corrected chi connectivity index (χ1v) is 11.6. The molecule has 0 spiro atoms. The van der Waals surface area contributed by atoms with Crippen molar-refractivity contribution in [3.05, 3.63) is 58.1 Å². The monoisotopic (exact) mass is 458 g/mol. The minimum Gasteiger partial charge on any atom is -0.491 e. The molecule has 6 nitrogen and oxygen atoms in total. The van der Waals surface area contributed by atoms with Crippen LogP contribution in [0.1, 0.15) is 25.3 Å². The third kappa shape index (κ3) is 6.80. The minimum absolute atomic E-state index is 0.204. The summed E-state index contributed by atoms with van der Waals surface area (Å²) in [7, 11) is -3.69. The summed E-state index contributed by atoms with van der Waals surface area (Å²) < 4.78 is 31.0. The molecule has 0 aliphatic rings. The van der Waals surface area contributed by atoms with Gasteiger partial charge in [0, 0.05) is 0 Å². The fraction of sp³-hybridized carbons (Fsp3) is 0.350. The van der Waals surface area contributed by atoms with Gasteiger partial charge in [0.05, 0.1) is 28.5 Å². The van der Waals surface area contributed by atoms with Crippen LogP contribution in [0.4, 0.5) is 5.69 Å². The van der Waals surface area contributed by atoms with Crippen molar-refractivity contribution in [3.8, 4) is 5.75 Å². The van der Waals surface area contributed by atoms with Crippen LogP contribution in [-0.2, 0) is 14.8 Å². The zero-order valence-electron chi connectivity index (χ0n) is 16.5. The minimum atomic E-state index is -3.69. The van der Waals surface area contributed by atoms with E-state index in [1.165, 1.54) is 18.2 Å². The predicted octanol–water partition coefficient (Wildman–Crippen LogP) is 4.08.